The molecule has 0 saturated heterocycles. The Morgan fingerprint density at radius 2 is 2.22 bits per heavy atom. The number of aromatic nitrogens is 1. The summed E-state index contributed by atoms with van der Waals surface area (Å²) in [4.78, 5) is 25.3. The van der Waals surface area contributed by atoms with Crippen molar-refractivity contribution in [2.75, 3.05) is 6.61 Å². The number of rotatable bonds is 5. The van der Waals surface area contributed by atoms with Crippen LogP contribution >= 0.6 is 0 Å². The van der Waals surface area contributed by atoms with Crippen molar-refractivity contribution in [2.24, 2.45) is 0 Å². The number of aryl methyl sites for hydroxylation is 1. The number of carbonyl (C=O) groups excluding carboxylic acids is 1. The van der Waals surface area contributed by atoms with E-state index in [2.05, 4.69) is 4.98 Å². The molecule has 0 aromatic carbocycles. The first-order chi connectivity index (χ1) is 8.45. The summed E-state index contributed by atoms with van der Waals surface area (Å²) in [5.41, 5.74) is 0.498. The number of hydrogen-bond acceptors (Lipinski definition) is 6. The number of nitrogens with zero attached hydrogens (tertiary/aromatic N) is 2. The zero-order chi connectivity index (χ0) is 13.7. The molecule has 1 aromatic rings. The van der Waals surface area contributed by atoms with E-state index < -0.39 is 22.8 Å². The maximum Gasteiger partial charge on any atom is 0.406 e. The van der Waals surface area contributed by atoms with Crippen molar-refractivity contribution in [3.63, 3.8) is 0 Å². The minimum atomic E-state index is -0.923. The van der Waals surface area contributed by atoms with Crippen LogP contribution in [0.25, 0.3) is 0 Å². The van der Waals surface area contributed by atoms with Crippen LogP contribution in [-0.2, 0) is 9.53 Å². The number of esters is 1. The van der Waals surface area contributed by atoms with Crippen LogP contribution in [0.15, 0.2) is 12.1 Å². The molecule has 1 heterocycles. The van der Waals surface area contributed by atoms with Crippen molar-refractivity contribution in [3.05, 3.63) is 27.9 Å². The number of pyridine rings is 1. The van der Waals surface area contributed by atoms with E-state index in [-0.39, 0.29) is 12.4 Å². The summed E-state index contributed by atoms with van der Waals surface area (Å²) < 4.78 is 9.94. The Hall–Kier alpha value is -2.18. The van der Waals surface area contributed by atoms with Gasteiger partial charge in [-0.1, -0.05) is 0 Å². The fraction of sp³-hybridized carbons (Fsp3) is 0.455. The predicted molar refractivity (Wildman–Crippen MR) is 62.4 cm³/mol. The van der Waals surface area contributed by atoms with E-state index in [0.717, 1.165) is 0 Å². The highest BCUT2D eigenvalue weighted by molar-refractivity contribution is 5.74. The van der Waals surface area contributed by atoms with Crippen molar-refractivity contribution in [2.45, 2.75) is 26.9 Å². The van der Waals surface area contributed by atoms with Crippen LogP contribution < -0.4 is 4.74 Å². The van der Waals surface area contributed by atoms with E-state index in [1.165, 1.54) is 13.0 Å². The Labute approximate surface area is 104 Å². The number of hydrogen-bond donors (Lipinski definition) is 0. The van der Waals surface area contributed by atoms with E-state index >= 15 is 0 Å². The number of ether oxygens (including phenoxy) is 2. The van der Waals surface area contributed by atoms with Gasteiger partial charge < -0.3 is 19.6 Å². The second-order valence-electron chi connectivity index (χ2n) is 3.54. The molecule has 7 heteroatoms. The minimum absolute atomic E-state index is 0.0499. The maximum absolute atomic E-state index is 11.4. The molecule has 0 amide bonds. The molecule has 1 rings (SSSR count). The van der Waals surface area contributed by atoms with Crippen molar-refractivity contribution in [1.82, 2.24) is 4.98 Å². The molecular weight excluding hydrogens is 240 g/mol. The summed E-state index contributed by atoms with van der Waals surface area (Å²) in [5.74, 6) is -1.04. The molecule has 0 N–H and O–H groups in total. The third-order valence-corrected chi connectivity index (χ3v) is 2.07. The SMILES string of the molecule is CCOC(=O)C(C)Oc1ccc(C)nc1[N+](=O)[O-]. The molecule has 7 nitrogen and oxygen atoms in total. The molecule has 0 aliphatic heterocycles. The molecule has 0 spiro atoms. The Morgan fingerprint density at radius 1 is 1.56 bits per heavy atom. The van der Waals surface area contributed by atoms with Gasteiger partial charge in [0.25, 0.3) is 0 Å². The highest BCUT2D eigenvalue weighted by Crippen LogP contribution is 2.25. The van der Waals surface area contributed by atoms with E-state index in [1.807, 2.05) is 0 Å². The van der Waals surface area contributed by atoms with Crippen molar-refractivity contribution in [1.29, 1.82) is 0 Å². The number of nitro groups is 1. The minimum Gasteiger partial charge on any atom is -0.471 e. The van der Waals surface area contributed by atoms with Crippen LogP contribution in [0.3, 0.4) is 0 Å². The molecule has 0 aliphatic rings. The van der Waals surface area contributed by atoms with Gasteiger partial charge in [-0.3, -0.25) is 0 Å². The zero-order valence-corrected chi connectivity index (χ0v) is 10.4. The fourth-order valence-corrected chi connectivity index (χ4v) is 1.25. The average molecular weight is 254 g/mol. The van der Waals surface area contributed by atoms with Crippen LogP contribution in [0.5, 0.6) is 5.75 Å². The van der Waals surface area contributed by atoms with Gasteiger partial charge in [-0.05, 0) is 35.9 Å². The Kier molecular flexibility index (Phi) is 4.59. The van der Waals surface area contributed by atoms with Crippen LogP contribution in [0.4, 0.5) is 5.82 Å². The standard InChI is InChI=1S/C11H14N2O5/c1-4-17-11(14)8(3)18-9-6-5-7(2)12-10(9)13(15)16/h5-6,8H,4H2,1-3H3. The average Bonchev–Trinajstić information content (AvgIpc) is 2.31. The monoisotopic (exact) mass is 254 g/mol. The Morgan fingerprint density at radius 3 is 2.78 bits per heavy atom. The highest BCUT2D eigenvalue weighted by Gasteiger charge is 2.23. The first-order valence-electron chi connectivity index (χ1n) is 5.41. The lowest BCUT2D eigenvalue weighted by molar-refractivity contribution is -0.390. The van der Waals surface area contributed by atoms with Gasteiger partial charge in [-0.25, -0.2) is 4.79 Å². The van der Waals surface area contributed by atoms with Gasteiger partial charge in [0, 0.05) is 6.92 Å². The lowest BCUT2D eigenvalue weighted by Gasteiger charge is -2.12. The Bertz CT molecular complexity index is 461. The van der Waals surface area contributed by atoms with Gasteiger partial charge in [0.15, 0.2) is 6.10 Å². The summed E-state index contributed by atoms with van der Waals surface area (Å²) >= 11 is 0. The Balaban J connectivity index is 2.90. The first kappa shape index (κ1) is 13.9. The van der Waals surface area contributed by atoms with Crippen molar-refractivity contribution in [3.8, 4) is 5.75 Å². The third kappa shape index (κ3) is 3.41. The predicted octanol–water partition coefficient (Wildman–Crippen LogP) is 1.63. The van der Waals surface area contributed by atoms with E-state index in [9.17, 15) is 14.9 Å². The molecule has 0 fully saturated rings. The molecule has 1 unspecified atom stereocenters. The molecule has 18 heavy (non-hydrogen) atoms. The summed E-state index contributed by atoms with van der Waals surface area (Å²) in [6.45, 7) is 4.98. The lowest BCUT2D eigenvalue weighted by Crippen LogP contribution is -2.26. The molecule has 1 aromatic heterocycles. The normalized spacial score (nSPS) is 11.7. The van der Waals surface area contributed by atoms with Gasteiger partial charge in [0.2, 0.25) is 5.75 Å². The van der Waals surface area contributed by atoms with Crippen molar-refractivity contribution >= 4 is 11.8 Å². The van der Waals surface area contributed by atoms with E-state index in [4.69, 9.17) is 9.47 Å². The second-order valence-corrected chi connectivity index (χ2v) is 3.54. The van der Waals surface area contributed by atoms with Crippen LogP contribution in [-0.4, -0.2) is 28.6 Å². The maximum atomic E-state index is 11.4. The lowest BCUT2D eigenvalue weighted by atomic mass is 10.3. The topological polar surface area (TPSA) is 91.6 Å². The molecule has 0 aliphatic carbocycles. The molecule has 0 radical (unpaired) electrons. The van der Waals surface area contributed by atoms with Gasteiger partial charge in [0.1, 0.15) is 5.69 Å². The molecule has 0 saturated carbocycles. The van der Waals surface area contributed by atoms with Gasteiger partial charge >= 0.3 is 11.8 Å². The van der Waals surface area contributed by atoms with E-state index in [0.29, 0.717) is 5.69 Å². The summed E-state index contributed by atoms with van der Waals surface area (Å²) in [7, 11) is 0. The summed E-state index contributed by atoms with van der Waals surface area (Å²) in [6.07, 6.45) is -0.923. The highest BCUT2D eigenvalue weighted by atomic mass is 16.6. The van der Waals surface area contributed by atoms with Crippen LogP contribution in [0.1, 0.15) is 19.5 Å². The van der Waals surface area contributed by atoms with E-state index in [1.54, 1.807) is 19.9 Å². The van der Waals surface area contributed by atoms with Crippen molar-refractivity contribution < 1.29 is 19.2 Å². The summed E-state index contributed by atoms with van der Waals surface area (Å²) in [6, 6.07) is 2.98. The molecular formula is C11H14N2O5. The number of carbonyl (C=O) groups is 1. The summed E-state index contributed by atoms with van der Waals surface area (Å²) in [5, 5.41) is 10.8. The third-order valence-electron chi connectivity index (χ3n) is 2.07. The molecule has 0 bridgehead atoms. The quantitative estimate of drug-likeness (QED) is 0.450. The first-order valence-corrected chi connectivity index (χ1v) is 5.41. The second kappa shape index (κ2) is 5.95. The largest absolute Gasteiger partial charge is 0.471 e. The van der Waals surface area contributed by atoms with Gasteiger partial charge in [0.05, 0.1) is 6.61 Å². The zero-order valence-electron chi connectivity index (χ0n) is 10.4. The smallest absolute Gasteiger partial charge is 0.406 e. The van der Waals surface area contributed by atoms with Gasteiger partial charge in [-0.15, -0.1) is 0 Å². The van der Waals surface area contributed by atoms with Gasteiger partial charge in [-0.2, -0.15) is 0 Å². The fourth-order valence-electron chi connectivity index (χ4n) is 1.25. The molecule has 1 atom stereocenters. The van der Waals surface area contributed by atoms with Crippen LogP contribution in [0, 0.1) is 17.0 Å². The molecule has 98 valence electrons. The van der Waals surface area contributed by atoms with Crippen LogP contribution in [0.2, 0.25) is 0 Å².